The van der Waals surface area contributed by atoms with Gasteiger partial charge in [0.2, 0.25) is 6.79 Å². The van der Waals surface area contributed by atoms with Crippen molar-refractivity contribution in [1.82, 2.24) is 10.2 Å². The number of rotatable bonds is 4. The highest BCUT2D eigenvalue weighted by atomic mass is 35.5. The van der Waals surface area contributed by atoms with Gasteiger partial charge in [0.15, 0.2) is 11.5 Å². The molecule has 0 saturated carbocycles. The first-order valence-corrected chi connectivity index (χ1v) is 9.00. The van der Waals surface area contributed by atoms with E-state index in [-0.39, 0.29) is 24.9 Å². The van der Waals surface area contributed by atoms with E-state index < -0.39 is 0 Å². The molecular formula is C19H20Cl2N2O3. The number of halogens is 2. The second-order valence-corrected chi connectivity index (χ2v) is 7.08. The number of benzene rings is 2. The maximum Gasteiger partial charge on any atom is 0.318 e. The SMILES string of the molecule is C[C@H](c1ccc(Cl)cc1Cl)N(C)C(=O)N[C@H](C)c1ccc2c(c1)OCO2. The zero-order chi connectivity index (χ0) is 18.8. The fourth-order valence-corrected chi connectivity index (χ4v) is 3.34. The molecule has 7 heteroatoms. The Morgan fingerprint density at radius 3 is 2.58 bits per heavy atom. The Hall–Kier alpha value is -2.11. The summed E-state index contributed by atoms with van der Waals surface area (Å²) in [7, 11) is 1.73. The third-order valence-corrected chi connectivity index (χ3v) is 5.11. The van der Waals surface area contributed by atoms with Crippen LogP contribution in [0.25, 0.3) is 0 Å². The van der Waals surface area contributed by atoms with Gasteiger partial charge in [-0.25, -0.2) is 4.79 Å². The Morgan fingerprint density at radius 1 is 1.12 bits per heavy atom. The normalized spacial score (nSPS) is 14.7. The summed E-state index contributed by atoms with van der Waals surface area (Å²) in [5, 5.41) is 4.09. The lowest BCUT2D eigenvalue weighted by Crippen LogP contribution is -2.40. The van der Waals surface area contributed by atoms with Crippen molar-refractivity contribution in [3.8, 4) is 11.5 Å². The van der Waals surface area contributed by atoms with Crippen molar-refractivity contribution in [3.05, 3.63) is 57.6 Å². The third kappa shape index (κ3) is 3.84. The summed E-state index contributed by atoms with van der Waals surface area (Å²) < 4.78 is 10.7. The van der Waals surface area contributed by atoms with E-state index in [1.807, 2.05) is 38.1 Å². The maximum atomic E-state index is 12.6. The lowest BCUT2D eigenvalue weighted by Gasteiger charge is -2.28. The Kier molecular flexibility index (Phi) is 5.49. The highest BCUT2D eigenvalue weighted by Crippen LogP contribution is 2.34. The molecule has 3 rings (SSSR count). The Morgan fingerprint density at radius 2 is 1.85 bits per heavy atom. The van der Waals surface area contributed by atoms with Gasteiger partial charge in [-0.2, -0.15) is 0 Å². The van der Waals surface area contributed by atoms with Crippen molar-refractivity contribution >= 4 is 29.2 Å². The average Bonchev–Trinajstić information content (AvgIpc) is 3.08. The van der Waals surface area contributed by atoms with Crippen molar-refractivity contribution in [2.45, 2.75) is 25.9 Å². The van der Waals surface area contributed by atoms with Gasteiger partial charge in [-0.15, -0.1) is 0 Å². The molecule has 1 N–H and O–H groups in total. The molecule has 138 valence electrons. The van der Waals surface area contributed by atoms with Crippen LogP contribution in [0.3, 0.4) is 0 Å². The molecule has 2 aromatic rings. The van der Waals surface area contributed by atoms with E-state index in [4.69, 9.17) is 32.7 Å². The molecule has 26 heavy (non-hydrogen) atoms. The lowest BCUT2D eigenvalue weighted by atomic mass is 10.1. The number of hydrogen-bond donors (Lipinski definition) is 1. The smallest absolute Gasteiger partial charge is 0.318 e. The molecule has 1 aliphatic rings. The zero-order valence-electron chi connectivity index (χ0n) is 14.8. The van der Waals surface area contributed by atoms with Gasteiger partial charge >= 0.3 is 6.03 Å². The van der Waals surface area contributed by atoms with Gasteiger partial charge in [-0.3, -0.25) is 0 Å². The average molecular weight is 395 g/mol. The molecule has 2 amide bonds. The minimum absolute atomic E-state index is 0.188. The predicted octanol–water partition coefficient (Wildman–Crippen LogP) is 5.19. The third-order valence-electron chi connectivity index (χ3n) is 4.55. The second kappa shape index (κ2) is 7.64. The van der Waals surface area contributed by atoms with E-state index in [1.54, 1.807) is 24.1 Å². The lowest BCUT2D eigenvalue weighted by molar-refractivity contribution is 0.174. The van der Waals surface area contributed by atoms with Crippen LogP contribution in [0.5, 0.6) is 11.5 Å². The standard InChI is InChI=1S/C19H20Cl2N2O3/c1-11(13-4-7-17-18(8-13)26-10-25-17)22-19(24)23(3)12(2)15-6-5-14(20)9-16(15)21/h4-9,11-12H,10H2,1-3H3,(H,22,24)/t11-,12-/m1/s1. The Labute approximate surface area is 162 Å². The molecule has 0 spiro atoms. The summed E-state index contributed by atoms with van der Waals surface area (Å²) >= 11 is 12.2. The number of nitrogens with zero attached hydrogens (tertiary/aromatic N) is 1. The van der Waals surface area contributed by atoms with Gasteiger partial charge < -0.3 is 19.7 Å². The number of carbonyl (C=O) groups excluding carboxylic acids is 1. The molecule has 0 unspecified atom stereocenters. The summed E-state index contributed by atoms with van der Waals surface area (Å²) in [5.74, 6) is 1.41. The monoisotopic (exact) mass is 394 g/mol. The van der Waals surface area contributed by atoms with Crippen molar-refractivity contribution in [2.24, 2.45) is 0 Å². The van der Waals surface area contributed by atoms with Crippen LogP contribution in [0.2, 0.25) is 10.0 Å². The molecule has 1 aliphatic heterocycles. The molecule has 0 aliphatic carbocycles. The largest absolute Gasteiger partial charge is 0.454 e. The molecular weight excluding hydrogens is 375 g/mol. The van der Waals surface area contributed by atoms with Gasteiger partial charge in [0, 0.05) is 17.1 Å². The van der Waals surface area contributed by atoms with Crippen LogP contribution in [0.4, 0.5) is 4.79 Å². The predicted molar refractivity (Wildman–Crippen MR) is 102 cm³/mol. The van der Waals surface area contributed by atoms with Crippen LogP contribution in [0.15, 0.2) is 36.4 Å². The van der Waals surface area contributed by atoms with Gasteiger partial charge in [0.1, 0.15) is 0 Å². The molecule has 5 nitrogen and oxygen atoms in total. The van der Waals surface area contributed by atoms with Gasteiger partial charge in [0.25, 0.3) is 0 Å². The molecule has 0 fully saturated rings. The highest BCUT2D eigenvalue weighted by Gasteiger charge is 2.22. The minimum atomic E-state index is -0.205. The van der Waals surface area contributed by atoms with Gasteiger partial charge in [0.05, 0.1) is 12.1 Å². The molecule has 0 radical (unpaired) electrons. The summed E-state index contributed by atoms with van der Waals surface area (Å²) in [6.45, 7) is 4.06. The number of hydrogen-bond acceptors (Lipinski definition) is 3. The van der Waals surface area contributed by atoms with Crippen molar-refractivity contribution in [1.29, 1.82) is 0 Å². The van der Waals surface area contributed by atoms with Gasteiger partial charge in [-0.1, -0.05) is 35.3 Å². The summed E-state index contributed by atoms with van der Waals surface area (Å²) in [6, 6.07) is 10.3. The molecule has 1 heterocycles. The van der Waals surface area contributed by atoms with Crippen LogP contribution >= 0.6 is 23.2 Å². The van der Waals surface area contributed by atoms with Crippen molar-refractivity contribution in [3.63, 3.8) is 0 Å². The summed E-state index contributed by atoms with van der Waals surface area (Å²) in [5.41, 5.74) is 1.78. The molecule has 0 aromatic heterocycles. The highest BCUT2D eigenvalue weighted by molar-refractivity contribution is 6.35. The van der Waals surface area contributed by atoms with Gasteiger partial charge in [-0.05, 0) is 49.2 Å². The molecule has 2 aromatic carbocycles. The summed E-state index contributed by atoms with van der Waals surface area (Å²) in [6.07, 6.45) is 0. The van der Waals surface area contributed by atoms with Crippen LogP contribution in [0.1, 0.15) is 37.1 Å². The van der Waals surface area contributed by atoms with E-state index in [0.29, 0.717) is 15.8 Å². The quantitative estimate of drug-likeness (QED) is 0.776. The number of fused-ring (bicyclic) bond motifs is 1. The van der Waals surface area contributed by atoms with Crippen LogP contribution in [-0.2, 0) is 0 Å². The summed E-state index contributed by atoms with van der Waals surface area (Å²) in [4.78, 5) is 14.3. The Bertz CT molecular complexity index is 828. The van der Waals surface area contributed by atoms with Crippen molar-refractivity contribution < 1.29 is 14.3 Å². The van der Waals surface area contributed by atoms with E-state index >= 15 is 0 Å². The first-order chi connectivity index (χ1) is 12.4. The first-order valence-electron chi connectivity index (χ1n) is 8.24. The number of amides is 2. The zero-order valence-corrected chi connectivity index (χ0v) is 16.3. The van der Waals surface area contributed by atoms with E-state index in [1.165, 1.54) is 0 Å². The number of nitrogens with one attached hydrogen (secondary N) is 1. The fourth-order valence-electron chi connectivity index (χ4n) is 2.78. The minimum Gasteiger partial charge on any atom is -0.454 e. The molecule has 0 saturated heterocycles. The first kappa shape index (κ1) is 18.7. The van der Waals surface area contributed by atoms with E-state index in [0.717, 1.165) is 16.9 Å². The number of ether oxygens (including phenoxy) is 2. The van der Waals surface area contributed by atoms with E-state index in [2.05, 4.69) is 5.32 Å². The number of carbonyl (C=O) groups is 1. The van der Waals surface area contributed by atoms with Crippen LogP contribution < -0.4 is 14.8 Å². The molecule has 0 bridgehead atoms. The second-order valence-electron chi connectivity index (χ2n) is 6.24. The Balaban J connectivity index is 1.68. The maximum absolute atomic E-state index is 12.6. The van der Waals surface area contributed by atoms with Crippen LogP contribution in [0, 0.1) is 0 Å². The topological polar surface area (TPSA) is 50.8 Å². The molecule has 2 atom stereocenters. The van der Waals surface area contributed by atoms with Crippen molar-refractivity contribution in [2.75, 3.05) is 13.8 Å². The number of urea groups is 1. The fraction of sp³-hybridized carbons (Fsp3) is 0.316. The van der Waals surface area contributed by atoms with Crippen LogP contribution in [-0.4, -0.2) is 24.8 Å². The van der Waals surface area contributed by atoms with E-state index in [9.17, 15) is 4.79 Å².